The molecule has 1 atom stereocenters. The van der Waals surface area contributed by atoms with Crippen LogP contribution < -0.4 is 11.1 Å². The van der Waals surface area contributed by atoms with Gasteiger partial charge in [-0.2, -0.15) is 0 Å². The van der Waals surface area contributed by atoms with Gasteiger partial charge in [-0.25, -0.2) is 4.98 Å². The summed E-state index contributed by atoms with van der Waals surface area (Å²) in [6.07, 6.45) is 2.64. The summed E-state index contributed by atoms with van der Waals surface area (Å²) in [5.41, 5.74) is 6.77. The summed E-state index contributed by atoms with van der Waals surface area (Å²) >= 11 is 1.66. The van der Waals surface area contributed by atoms with Crippen molar-refractivity contribution in [1.82, 2.24) is 4.98 Å². The molecule has 13 heavy (non-hydrogen) atoms. The van der Waals surface area contributed by atoms with E-state index in [-0.39, 0.29) is 0 Å². The Bertz CT molecular complexity index is 280. The largest absolute Gasteiger partial charge is 0.357 e. The average molecular weight is 197 g/mol. The van der Waals surface area contributed by atoms with E-state index >= 15 is 0 Å². The minimum atomic E-state index is 0.436. The van der Waals surface area contributed by atoms with Crippen LogP contribution in [-0.4, -0.2) is 17.6 Å². The van der Waals surface area contributed by atoms with E-state index in [1.807, 2.05) is 6.92 Å². The summed E-state index contributed by atoms with van der Waals surface area (Å²) in [4.78, 5) is 4.36. The molecule has 1 aromatic heterocycles. The first kappa shape index (κ1) is 8.97. The molecule has 1 aromatic rings. The number of hydrogen-bond donors (Lipinski definition) is 2. The number of anilines is 1. The highest BCUT2D eigenvalue weighted by Crippen LogP contribution is 2.34. The fraction of sp³-hybridized carbons (Fsp3) is 0.667. The topological polar surface area (TPSA) is 50.9 Å². The maximum Gasteiger partial charge on any atom is 0.183 e. The normalized spacial score (nSPS) is 18.6. The van der Waals surface area contributed by atoms with Gasteiger partial charge in [-0.15, -0.1) is 11.3 Å². The second-order valence-electron chi connectivity index (χ2n) is 3.62. The summed E-state index contributed by atoms with van der Waals surface area (Å²) in [5.74, 6) is 0.786. The fourth-order valence-electron chi connectivity index (χ4n) is 1.45. The van der Waals surface area contributed by atoms with E-state index in [1.165, 1.54) is 12.8 Å². The van der Waals surface area contributed by atoms with Gasteiger partial charge in [0.15, 0.2) is 5.13 Å². The molecule has 1 saturated carbocycles. The second kappa shape index (κ2) is 3.64. The zero-order valence-electron chi connectivity index (χ0n) is 7.79. The number of nitrogens with one attached hydrogen (secondary N) is 1. The van der Waals surface area contributed by atoms with Crippen LogP contribution >= 0.6 is 11.3 Å². The van der Waals surface area contributed by atoms with Gasteiger partial charge in [0, 0.05) is 18.0 Å². The first-order valence-corrected chi connectivity index (χ1v) is 5.56. The van der Waals surface area contributed by atoms with Crippen molar-refractivity contribution in [2.75, 3.05) is 11.9 Å². The van der Waals surface area contributed by atoms with Gasteiger partial charge in [0.05, 0.1) is 5.69 Å². The number of nitrogens with zero attached hydrogens (tertiary/aromatic N) is 1. The van der Waals surface area contributed by atoms with Crippen molar-refractivity contribution in [2.24, 2.45) is 11.7 Å². The Labute approximate surface area is 82.4 Å². The molecule has 3 nitrogen and oxygen atoms in total. The van der Waals surface area contributed by atoms with Crippen LogP contribution in [0.4, 0.5) is 5.13 Å². The summed E-state index contributed by atoms with van der Waals surface area (Å²) in [6, 6.07) is 0.436. The quantitative estimate of drug-likeness (QED) is 0.771. The van der Waals surface area contributed by atoms with E-state index < -0.39 is 0 Å². The van der Waals surface area contributed by atoms with Gasteiger partial charge >= 0.3 is 0 Å². The number of nitrogens with two attached hydrogens (primary N) is 1. The molecule has 1 heterocycles. The summed E-state index contributed by atoms with van der Waals surface area (Å²) in [7, 11) is 0. The molecule has 1 aliphatic carbocycles. The predicted molar refractivity (Wildman–Crippen MR) is 56.0 cm³/mol. The Hall–Kier alpha value is -0.610. The van der Waals surface area contributed by atoms with Crippen molar-refractivity contribution in [1.29, 1.82) is 0 Å². The number of aromatic nitrogens is 1. The van der Waals surface area contributed by atoms with Crippen molar-refractivity contribution in [3.63, 3.8) is 0 Å². The zero-order valence-corrected chi connectivity index (χ0v) is 8.60. The zero-order chi connectivity index (χ0) is 9.26. The molecule has 0 bridgehead atoms. The fourth-order valence-corrected chi connectivity index (χ4v) is 2.20. The van der Waals surface area contributed by atoms with E-state index in [1.54, 1.807) is 11.3 Å². The SMILES string of the molecule is Cc1csc(NC(CN)C2CC2)n1. The van der Waals surface area contributed by atoms with Gasteiger partial charge in [0.1, 0.15) is 0 Å². The third-order valence-electron chi connectivity index (χ3n) is 2.37. The first-order chi connectivity index (χ1) is 6.29. The number of aryl methyl sites for hydroxylation is 1. The van der Waals surface area contributed by atoms with Gasteiger partial charge in [-0.05, 0) is 25.7 Å². The van der Waals surface area contributed by atoms with Crippen LogP contribution in [0.25, 0.3) is 0 Å². The molecule has 0 spiro atoms. The lowest BCUT2D eigenvalue weighted by atomic mass is 10.2. The molecule has 0 saturated heterocycles. The van der Waals surface area contributed by atoms with Crippen molar-refractivity contribution >= 4 is 16.5 Å². The van der Waals surface area contributed by atoms with Crippen LogP contribution in [0.3, 0.4) is 0 Å². The Kier molecular flexibility index (Phi) is 2.51. The van der Waals surface area contributed by atoms with Crippen LogP contribution in [-0.2, 0) is 0 Å². The average Bonchev–Trinajstić information content (AvgIpc) is 2.87. The third-order valence-corrected chi connectivity index (χ3v) is 3.26. The molecular weight excluding hydrogens is 182 g/mol. The van der Waals surface area contributed by atoms with Crippen LogP contribution in [0.15, 0.2) is 5.38 Å². The Morgan fingerprint density at radius 2 is 2.54 bits per heavy atom. The molecule has 1 fully saturated rings. The molecule has 4 heteroatoms. The smallest absolute Gasteiger partial charge is 0.183 e. The highest BCUT2D eigenvalue weighted by Gasteiger charge is 2.30. The summed E-state index contributed by atoms with van der Waals surface area (Å²) < 4.78 is 0. The first-order valence-electron chi connectivity index (χ1n) is 4.68. The van der Waals surface area contributed by atoms with Crippen molar-refractivity contribution in [3.8, 4) is 0 Å². The maximum atomic E-state index is 5.68. The minimum absolute atomic E-state index is 0.436. The Balaban J connectivity index is 1.95. The van der Waals surface area contributed by atoms with Crippen molar-refractivity contribution in [2.45, 2.75) is 25.8 Å². The molecule has 0 aliphatic heterocycles. The lowest BCUT2D eigenvalue weighted by Gasteiger charge is -2.14. The van der Waals surface area contributed by atoms with Crippen LogP contribution in [0.5, 0.6) is 0 Å². The van der Waals surface area contributed by atoms with Gasteiger partial charge in [0.25, 0.3) is 0 Å². The molecule has 1 aliphatic rings. The van der Waals surface area contributed by atoms with Crippen LogP contribution in [0.1, 0.15) is 18.5 Å². The predicted octanol–water partition coefficient (Wildman–Crippen LogP) is 1.60. The monoisotopic (exact) mass is 197 g/mol. The number of rotatable bonds is 4. The van der Waals surface area contributed by atoms with E-state index in [9.17, 15) is 0 Å². The standard InChI is InChI=1S/C9H15N3S/c1-6-5-13-9(11-6)12-8(4-10)7-2-3-7/h5,7-8H,2-4,10H2,1H3,(H,11,12). The lowest BCUT2D eigenvalue weighted by Crippen LogP contribution is -2.30. The highest BCUT2D eigenvalue weighted by atomic mass is 32.1. The van der Waals surface area contributed by atoms with Crippen molar-refractivity contribution in [3.05, 3.63) is 11.1 Å². The number of hydrogen-bond acceptors (Lipinski definition) is 4. The van der Waals surface area contributed by atoms with Crippen LogP contribution in [0, 0.1) is 12.8 Å². The van der Waals surface area contributed by atoms with Gasteiger partial charge in [0.2, 0.25) is 0 Å². The molecular formula is C9H15N3S. The third kappa shape index (κ3) is 2.19. The van der Waals surface area contributed by atoms with E-state index in [4.69, 9.17) is 5.73 Å². The maximum absolute atomic E-state index is 5.68. The highest BCUT2D eigenvalue weighted by molar-refractivity contribution is 7.13. The van der Waals surface area contributed by atoms with E-state index in [2.05, 4.69) is 15.7 Å². The Morgan fingerprint density at radius 3 is 3.00 bits per heavy atom. The molecule has 0 radical (unpaired) electrons. The molecule has 0 amide bonds. The molecule has 2 rings (SSSR count). The van der Waals surface area contributed by atoms with Crippen LogP contribution in [0.2, 0.25) is 0 Å². The molecule has 72 valence electrons. The second-order valence-corrected chi connectivity index (χ2v) is 4.48. The molecule has 0 aromatic carbocycles. The minimum Gasteiger partial charge on any atom is -0.357 e. The number of thiazole rings is 1. The lowest BCUT2D eigenvalue weighted by molar-refractivity contribution is 0.644. The summed E-state index contributed by atoms with van der Waals surface area (Å²) in [6.45, 7) is 2.72. The van der Waals surface area contributed by atoms with Gasteiger partial charge in [-0.1, -0.05) is 0 Å². The summed E-state index contributed by atoms with van der Waals surface area (Å²) in [5, 5.41) is 6.47. The van der Waals surface area contributed by atoms with Gasteiger partial charge in [-0.3, -0.25) is 0 Å². The molecule has 1 unspecified atom stereocenters. The molecule has 3 N–H and O–H groups in total. The van der Waals surface area contributed by atoms with Crippen molar-refractivity contribution < 1.29 is 0 Å². The van der Waals surface area contributed by atoms with E-state index in [0.29, 0.717) is 12.6 Å². The van der Waals surface area contributed by atoms with E-state index in [0.717, 1.165) is 16.7 Å². The Morgan fingerprint density at radius 1 is 1.77 bits per heavy atom. The van der Waals surface area contributed by atoms with Gasteiger partial charge < -0.3 is 11.1 Å².